The third-order valence-electron chi connectivity index (χ3n) is 9.22. The van der Waals surface area contributed by atoms with Crippen LogP contribution in [-0.4, -0.2) is 119 Å². The molecule has 1 rings (SSSR count). The number of anilines is 1. The smallest absolute Gasteiger partial charge is 0.407 e. The molecule has 1 unspecified atom stereocenters. The molecule has 0 radical (unpaired) electrons. The van der Waals surface area contributed by atoms with E-state index in [2.05, 4.69) is 53.2 Å². The van der Waals surface area contributed by atoms with Crippen molar-refractivity contribution in [1.29, 1.82) is 0 Å². The Morgan fingerprint density at radius 3 is 1.82 bits per heavy atom. The summed E-state index contributed by atoms with van der Waals surface area (Å²) in [6.45, 7) is 12.0. The highest BCUT2D eigenvalue weighted by Gasteiger charge is 2.31. The van der Waals surface area contributed by atoms with Crippen molar-refractivity contribution < 1.29 is 38.3 Å². The van der Waals surface area contributed by atoms with Crippen molar-refractivity contribution in [2.24, 2.45) is 11.7 Å². The second kappa shape index (κ2) is 32.8. The van der Waals surface area contributed by atoms with Gasteiger partial charge in [0, 0.05) is 45.7 Å². The molecule has 0 aliphatic heterocycles. The van der Waals surface area contributed by atoms with E-state index in [9.17, 15) is 33.6 Å². The standard InChI is InChI=1S/C41H73N11O8/c1-6-35(54)46-26-12-23-44-21-9-10-22-45-24-13-27-48-41(59)60-28-31-16-18-32(19-17-31)50-37(55)34(15-11-25-47-40(58)43-5)51-39(57)36(29(2)3)52-38(56)33(49-30(4)53)14-7-8-20-42/h16-19,29,33-34,36,44-45H,6-15,20-28,42H2,1-5H3,(H,46,54)(H,48,59)(H,49,53)(H,50,55)(H,51,57)(H,52,56)(H2,43,47,58)/t33-,34-,36?/m0/s1. The number of nitrogens with one attached hydrogen (secondary N) is 10. The lowest BCUT2D eigenvalue weighted by atomic mass is 10.0. The molecule has 1 aromatic rings. The summed E-state index contributed by atoms with van der Waals surface area (Å²) in [6.07, 6.45) is 5.86. The van der Waals surface area contributed by atoms with Crippen LogP contribution in [0.1, 0.15) is 97.5 Å². The number of hydrogen-bond acceptors (Lipinski definition) is 11. The van der Waals surface area contributed by atoms with Gasteiger partial charge in [-0.25, -0.2) is 9.59 Å². The number of amides is 8. The van der Waals surface area contributed by atoms with Gasteiger partial charge in [-0.1, -0.05) is 32.9 Å². The van der Waals surface area contributed by atoms with Gasteiger partial charge in [-0.3, -0.25) is 24.0 Å². The summed E-state index contributed by atoms with van der Waals surface area (Å²) in [5.41, 5.74) is 6.73. The lowest BCUT2D eigenvalue weighted by Crippen LogP contribution is -2.57. The van der Waals surface area contributed by atoms with Crippen molar-refractivity contribution in [3.05, 3.63) is 29.8 Å². The molecule has 19 nitrogen and oxygen atoms in total. The molecule has 0 aliphatic rings. The number of alkyl carbamates (subject to hydrolysis) is 1. The van der Waals surface area contributed by atoms with Gasteiger partial charge >= 0.3 is 12.1 Å². The maximum absolute atomic E-state index is 13.6. The molecule has 0 aliphatic carbocycles. The number of benzene rings is 1. The summed E-state index contributed by atoms with van der Waals surface area (Å²) in [5, 5.41) is 28.4. The molecule has 19 heteroatoms. The predicted octanol–water partition coefficient (Wildman–Crippen LogP) is 1.09. The van der Waals surface area contributed by atoms with Gasteiger partial charge < -0.3 is 63.6 Å². The van der Waals surface area contributed by atoms with Crippen LogP contribution in [0.15, 0.2) is 24.3 Å². The molecule has 12 N–H and O–H groups in total. The van der Waals surface area contributed by atoms with E-state index in [-0.39, 0.29) is 43.3 Å². The Hall–Kier alpha value is -5.01. The first-order valence-corrected chi connectivity index (χ1v) is 21.3. The van der Waals surface area contributed by atoms with Gasteiger partial charge in [0.1, 0.15) is 24.7 Å². The van der Waals surface area contributed by atoms with Crippen LogP contribution in [0.4, 0.5) is 15.3 Å². The summed E-state index contributed by atoms with van der Waals surface area (Å²) in [4.78, 5) is 87.3. The first kappa shape index (κ1) is 53.0. The molecule has 0 heterocycles. The van der Waals surface area contributed by atoms with E-state index in [1.165, 1.54) is 14.0 Å². The topological polar surface area (TPSA) is 275 Å². The summed E-state index contributed by atoms with van der Waals surface area (Å²) >= 11 is 0. The molecule has 0 spiro atoms. The van der Waals surface area contributed by atoms with Gasteiger partial charge in [-0.2, -0.15) is 0 Å². The lowest BCUT2D eigenvalue weighted by Gasteiger charge is -2.27. The third-order valence-corrected chi connectivity index (χ3v) is 9.22. The zero-order chi connectivity index (χ0) is 44.5. The molecule has 0 saturated heterocycles. The highest BCUT2D eigenvalue weighted by molar-refractivity contribution is 5.99. The molecule has 340 valence electrons. The summed E-state index contributed by atoms with van der Waals surface area (Å²) in [6, 6.07) is 3.46. The van der Waals surface area contributed by atoms with Crippen molar-refractivity contribution >= 4 is 47.3 Å². The number of carbonyl (C=O) groups excluding carboxylic acids is 7. The Balaban J connectivity index is 2.61. The zero-order valence-corrected chi connectivity index (χ0v) is 36.4. The molecule has 3 atom stereocenters. The molecule has 0 saturated carbocycles. The quantitative estimate of drug-likeness (QED) is 0.0457. The molecule has 8 amide bonds. The maximum Gasteiger partial charge on any atom is 0.407 e. The molecular weight excluding hydrogens is 775 g/mol. The first-order chi connectivity index (χ1) is 28.8. The molecule has 0 aromatic heterocycles. The fourth-order valence-electron chi connectivity index (χ4n) is 5.76. The van der Waals surface area contributed by atoms with Crippen LogP contribution in [0.2, 0.25) is 0 Å². The molecule has 60 heavy (non-hydrogen) atoms. The number of urea groups is 1. The number of carbonyl (C=O) groups is 7. The van der Waals surface area contributed by atoms with E-state index >= 15 is 0 Å². The van der Waals surface area contributed by atoms with Crippen LogP contribution in [0.25, 0.3) is 0 Å². The Morgan fingerprint density at radius 2 is 1.23 bits per heavy atom. The number of nitrogens with two attached hydrogens (primary N) is 1. The fraction of sp³-hybridized carbons (Fsp3) is 0.683. The Bertz CT molecular complexity index is 1430. The van der Waals surface area contributed by atoms with Gasteiger partial charge in [0.15, 0.2) is 0 Å². The first-order valence-electron chi connectivity index (χ1n) is 21.3. The van der Waals surface area contributed by atoms with E-state index in [1.807, 2.05) is 6.92 Å². The number of hydrogen-bond donors (Lipinski definition) is 11. The van der Waals surface area contributed by atoms with E-state index in [1.54, 1.807) is 38.1 Å². The van der Waals surface area contributed by atoms with E-state index < -0.39 is 41.9 Å². The van der Waals surface area contributed by atoms with Crippen LogP contribution in [0, 0.1) is 5.92 Å². The number of unbranched alkanes of at least 4 members (excludes halogenated alkanes) is 2. The lowest BCUT2D eigenvalue weighted by molar-refractivity contribution is -0.133. The van der Waals surface area contributed by atoms with Crippen LogP contribution in [0.5, 0.6) is 0 Å². The Labute approximate surface area is 355 Å². The van der Waals surface area contributed by atoms with Crippen LogP contribution < -0.4 is 58.9 Å². The fourth-order valence-corrected chi connectivity index (χ4v) is 5.76. The zero-order valence-electron chi connectivity index (χ0n) is 36.4. The predicted molar refractivity (Wildman–Crippen MR) is 232 cm³/mol. The summed E-state index contributed by atoms with van der Waals surface area (Å²) in [5.74, 6) is -2.26. The van der Waals surface area contributed by atoms with Crippen molar-refractivity contribution in [3.63, 3.8) is 0 Å². The van der Waals surface area contributed by atoms with Crippen molar-refractivity contribution in [1.82, 2.24) is 47.9 Å². The highest BCUT2D eigenvalue weighted by atomic mass is 16.5. The average Bonchev–Trinajstić information content (AvgIpc) is 3.22. The minimum Gasteiger partial charge on any atom is -0.445 e. The summed E-state index contributed by atoms with van der Waals surface area (Å²) in [7, 11) is 1.49. The van der Waals surface area contributed by atoms with Crippen LogP contribution >= 0.6 is 0 Å². The Kier molecular flexibility index (Phi) is 29.0. The van der Waals surface area contributed by atoms with E-state index in [4.69, 9.17) is 10.5 Å². The minimum absolute atomic E-state index is 0.0227. The third kappa shape index (κ3) is 25.5. The molecule has 1 aromatic carbocycles. The number of ether oxygens (including phenoxy) is 1. The molecule has 0 fully saturated rings. The van der Waals surface area contributed by atoms with Crippen molar-refractivity contribution in [2.75, 3.05) is 64.7 Å². The maximum atomic E-state index is 13.6. The van der Waals surface area contributed by atoms with Crippen molar-refractivity contribution in [3.8, 4) is 0 Å². The van der Waals surface area contributed by atoms with E-state index in [0.717, 1.165) is 51.9 Å². The second-order valence-corrected chi connectivity index (χ2v) is 14.8. The van der Waals surface area contributed by atoms with Crippen LogP contribution in [0.3, 0.4) is 0 Å². The Morgan fingerprint density at radius 1 is 0.650 bits per heavy atom. The van der Waals surface area contributed by atoms with Gasteiger partial charge in [0.25, 0.3) is 0 Å². The number of rotatable bonds is 32. The van der Waals surface area contributed by atoms with Gasteiger partial charge in [-0.05, 0) is 114 Å². The van der Waals surface area contributed by atoms with Crippen molar-refractivity contribution in [2.45, 2.75) is 117 Å². The van der Waals surface area contributed by atoms with Gasteiger partial charge in [0.2, 0.25) is 29.5 Å². The highest BCUT2D eigenvalue weighted by Crippen LogP contribution is 2.13. The SMILES string of the molecule is CCC(=O)NCCCNCCCCNCCCNC(=O)OCc1ccc(NC(=O)[C@H](CCCNC(=O)NC)NC(=O)C(NC(=O)[C@H](CCCCN)NC(C)=O)C(C)C)cc1. The molecule has 0 bridgehead atoms. The largest absolute Gasteiger partial charge is 0.445 e. The van der Waals surface area contributed by atoms with Gasteiger partial charge in [-0.15, -0.1) is 0 Å². The van der Waals surface area contributed by atoms with Crippen LogP contribution in [-0.2, 0) is 35.3 Å². The van der Waals surface area contributed by atoms with E-state index in [0.29, 0.717) is 63.0 Å². The molecular formula is C41H73N11O8. The average molecular weight is 848 g/mol. The summed E-state index contributed by atoms with van der Waals surface area (Å²) < 4.78 is 5.34. The van der Waals surface area contributed by atoms with Gasteiger partial charge in [0.05, 0.1) is 0 Å². The minimum atomic E-state index is -1.02. The monoisotopic (exact) mass is 848 g/mol. The normalized spacial score (nSPS) is 12.3. The second-order valence-electron chi connectivity index (χ2n) is 14.8.